The third kappa shape index (κ3) is 5.14. The number of amides is 1. The molecule has 0 N–H and O–H groups in total. The van der Waals surface area contributed by atoms with E-state index in [1.54, 1.807) is 23.3 Å². The molecule has 0 aliphatic heterocycles. The SMILES string of the molecule is CCCOc1ccc(C(=O)N(Cc2ccco2)Cc2ccccc2Cl)cc1. The Balaban J connectivity index is 1.80. The molecule has 3 aromatic rings. The number of nitrogens with zero attached hydrogens (tertiary/aromatic N) is 1. The van der Waals surface area contributed by atoms with Gasteiger partial charge in [-0.25, -0.2) is 0 Å². The predicted octanol–water partition coefficient (Wildman–Crippen LogP) is 5.56. The first-order valence-corrected chi connectivity index (χ1v) is 9.33. The van der Waals surface area contributed by atoms with Crippen LogP contribution in [0.25, 0.3) is 0 Å². The van der Waals surface area contributed by atoms with Gasteiger partial charge in [-0.15, -0.1) is 0 Å². The zero-order valence-corrected chi connectivity index (χ0v) is 16.0. The lowest BCUT2D eigenvalue weighted by atomic mass is 10.1. The molecule has 0 atom stereocenters. The van der Waals surface area contributed by atoms with Crippen molar-refractivity contribution in [2.45, 2.75) is 26.4 Å². The van der Waals surface area contributed by atoms with Gasteiger partial charge >= 0.3 is 0 Å². The molecule has 0 bridgehead atoms. The van der Waals surface area contributed by atoms with Crippen LogP contribution in [0, 0.1) is 0 Å². The van der Waals surface area contributed by atoms with Crippen molar-refractivity contribution in [1.82, 2.24) is 4.90 Å². The quantitative estimate of drug-likeness (QED) is 0.511. The highest BCUT2D eigenvalue weighted by Gasteiger charge is 2.19. The summed E-state index contributed by atoms with van der Waals surface area (Å²) < 4.78 is 11.0. The highest BCUT2D eigenvalue weighted by molar-refractivity contribution is 6.31. The maximum absolute atomic E-state index is 13.1. The van der Waals surface area contributed by atoms with Crippen LogP contribution in [0.15, 0.2) is 71.3 Å². The van der Waals surface area contributed by atoms with Crippen molar-refractivity contribution in [2.24, 2.45) is 0 Å². The maximum Gasteiger partial charge on any atom is 0.254 e. The van der Waals surface area contributed by atoms with Crippen molar-refractivity contribution in [3.63, 3.8) is 0 Å². The second-order valence-corrected chi connectivity index (χ2v) is 6.61. The van der Waals surface area contributed by atoms with Gasteiger partial charge in [0.05, 0.1) is 19.4 Å². The molecule has 1 heterocycles. The van der Waals surface area contributed by atoms with Gasteiger partial charge in [-0.05, 0) is 54.4 Å². The van der Waals surface area contributed by atoms with Gasteiger partial charge in [0, 0.05) is 17.1 Å². The van der Waals surface area contributed by atoms with Gasteiger partial charge in [0.25, 0.3) is 5.91 Å². The fourth-order valence-corrected chi connectivity index (χ4v) is 2.91. The molecular weight excluding hydrogens is 362 g/mol. The van der Waals surface area contributed by atoms with Crippen LogP contribution in [0.3, 0.4) is 0 Å². The number of benzene rings is 2. The summed E-state index contributed by atoms with van der Waals surface area (Å²) in [5, 5.41) is 0.637. The number of ether oxygens (including phenoxy) is 1. The Kier molecular flexibility index (Phi) is 6.55. The fourth-order valence-electron chi connectivity index (χ4n) is 2.72. The third-order valence-electron chi connectivity index (χ3n) is 4.11. The van der Waals surface area contributed by atoms with E-state index >= 15 is 0 Å². The molecule has 0 fully saturated rings. The van der Waals surface area contributed by atoms with E-state index in [1.165, 1.54) is 0 Å². The first kappa shape index (κ1) is 19.1. The van der Waals surface area contributed by atoms with E-state index in [9.17, 15) is 4.79 Å². The molecule has 0 saturated carbocycles. The summed E-state index contributed by atoms with van der Waals surface area (Å²) in [7, 11) is 0. The minimum absolute atomic E-state index is 0.0895. The van der Waals surface area contributed by atoms with E-state index < -0.39 is 0 Å². The van der Waals surface area contributed by atoms with Gasteiger partial charge < -0.3 is 14.1 Å². The van der Waals surface area contributed by atoms with E-state index in [-0.39, 0.29) is 5.91 Å². The normalized spacial score (nSPS) is 10.6. The second-order valence-electron chi connectivity index (χ2n) is 6.20. The van der Waals surface area contributed by atoms with E-state index in [0.29, 0.717) is 30.3 Å². The maximum atomic E-state index is 13.1. The average molecular weight is 384 g/mol. The van der Waals surface area contributed by atoms with E-state index in [0.717, 1.165) is 23.5 Å². The molecule has 0 aliphatic rings. The Morgan fingerprint density at radius 1 is 1.04 bits per heavy atom. The van der Waals surface area contributed by atoms with Crippen LogP contribution in [0.4, 0.5) is 0 Å². The molecule has 1 amide bonds. The van der Waals surface area contributed by atoms with Crippen LogP contribution in [-0.2, 0) is 13.1 Å². The lowest BCUT2D eigenvalue weighted by Crippen LogP contribution is -2.30. The minimum atomic E-state index is -0.0895. The number of carbonyl (C=O) groups excluding carboxylic acids is 1. The van der Waals surface area contributed by atoms with Crippen molar-refractivity contribution in [3.05, 3.63) is 88.8 Å². The van der Waals surface area contributed by atoms with Crippen LogP contribution in [-0.4, -0.2) is 17.4 Å². The summed E-state index contributed by atoms with van der Waals surface area (Å²) in [6.07, 6.45) is 2.54. The van der Waals surface area contributed by atoms with Gasteiger partial charge in [0.2, 0.25) is 0 Å². The zero-order valence-electron chi connectivity index (χ0n) is 15.2. The molecular formula is C22H22ClNO3. The molecule has 3 rings (SSSR count). The number of halogens is 1. The monoisotopic (exact) mass is 383 g/mol. The van der Waals surface area contributed by atoms with Crippen LogP contribution >= 0.6 is 11.6 Å². The molecule has 0 radical (unpaired) electrons. The summed E-state index contributed by atoms with van der Waals surface area (Å²) in [6.45, 7) is 3.47. The van der Waals surface area contributed by atoms with Crippen molar-refractivity contribution in [2.75, 3.05) is 6.61 Å². The molecule has 0 spiro atoms. The number of rotatable bonds is 8. The summed E-state index contributed by atoms with van der Waals surface area (Å²) >= 11 is 6.29. The Bertz CT molecular complexity index is 860. The number of hydrogen-bond acceptors (Lipinski definition) is 3. The summed E-state index contributed by atoms with van der Waals surface area (Å²) in [4.78, 5) is 14.8. The molecule has 0 unspecified atom stereocenters. The molecule has 0 saturated heterocycles. The average Bonchev–Trinajstić information content (AvgIpc) is 3.20. The summed E-state index contributed by atoms with van der Waals surface area (Å²) in [6, 6.07) is 18.4. The summed E-state index contributed by atoms with van der Waals surface area (Å²) in [5.74, 6) is 1.39. The Morgan fingerprint density at radius 2 is 1.81 bits per heavy atom. The lowest BCUT2D eigenvalue weighted by molar-refractivity contribution is 0.0717. The summed E-state index contributed by atoms with van der Waals surface area (Å²) in [5.41, 5.74) is 1.49. The molecule has 1 aromatic heterocycles. The molecule has 5 heteroatoms. The molecule has 0 aliphatic carbocycles. The molecule has 27 heavy (non-hydrogen) atoms. The van der Waals surface area contributed by atoms with Crippen LogP contribution < -0.4 is 4.74 Å². The van der Waals surface area contributed by atoms with Gasteiger partial charge in [-0.1, -0.05) is 36.7 Å². The highest BCUT2D eigenvalue weighted by Crippen LogP contribution is 2.21. The van der Waals surface area contributed by atoms with E-state index in [1.807, 2.05) is 48.5 Å². The van der Waals surface area contributed by atoms with E-state index in [2.05, 4.69) is 6.92 Å². The number of furan rings is 1. The van der Waals surface area contributed by atoms with Crippen LogP contribution in [0.1, 0.15) is 35.0 Å². The Morgan fingerprint density at radius 3 is 2.48 bits per heavy atom. The lowest BCUT2D eigenvalue weighted by Gasteiger charge is -2.22. The number of hydrogen-bond donors (Lipinski definition) is 0. The van der Waals surface area contributed by atoms with Gasteiger partial charge in [-0.3, -0.25) is 4.79 Å². The Hall–Kier alpha value is -2.72. The van der Waals surface area contributed by atoms with Gasteiger partial charge in [-0.2, -0.15) is 0 Å². The molecule has 2 aromatic carbocycles. The van der Waals surface area contributed by atoms with Gasteiger partial charge in [0.1, 0.15) is 11.5 Å². The van der Waals surface area contributed by atoms with Crippen LogP contribution in [0.5, 0.6) is 5.75 Å². The van der Waals surface area contributed by atoms with Gasteiger partial charge in [0.15, 0.2) is 0 Å². The topological polar surface area (TPSA) is 42.7 Å². The van der Waals surface area contributed by atoms with Crippen molar-refractivity contribution >= 4 is 17.5 Å². The highest BCUT2D eigenvalue weighted by atomic mass is 35.5. The largest absolute Gasteiger partial charge is 0.494 e. The van der Waals surface area contributed by atoms with E-state index in [4.69, 9.17) is 20.8 Å². The Labute approximate surface area is 164 Å². The fraction of sp³-hybridized carbons (Fsp3) is 0.227. The molecule has 4 nitrogen and oxygen atoms in total. The number of carbonyl (C=O) groups is 1. The predicted molar refractivity (Wildman–Crippen MR) is 106 cm³/mol. The zero-order chi connectivity index (χ0) is 19.1. The third-order valence-corrected chi connectivity index (χ3v) is 4.48. The van der Waals surface area contributed by atoms with Crippen molar-refractivity contribution < 1.29 is 13.9 Å². The van der Waals surface area contributed by atoms with Crippen molar-refractivity contribution in [3.8, 4) is 5.75 Å². The second kappa shape index (κ2) is 9.28. The van der Waals surface area contributed by atoms with Crippen molar-refractivity contribution in [1.29, 1.82) is 0 Å². The minimum Gasteiger partial charge on any atom is -0.494 e. The smallest absolute Gasteiger partial charge is 0.254 e. The molecule has 140 valence electrons. The van der Waals surface area contributed by atoms with Crippen LogP contribution in [0.2, 0.25) is 5.02 Å². The standard InChI is InChI=1S/C22H22ClNO3/c1-2-13-26-19-11-9-17(10-12-19)22(25)24(16-20-7-5-14-27-20)15-18-6-3-4-8-21(18)23/h3-12,14H,2,13,15-16H2,1H3. The first-order valence-electron chi connectivity index (χ1n) is 8.95. The first-order chi connectivity index (χ1) is 13.2.